The molecule has 1 aromatic heterocycles. The minimum Gasteiger partial charge on any atom is -0.354 e. The Morgan fingerprint density at radius 2 is 2.12 bits per heavy atom. The fourth-order valence-electron chi connectivity index (χ4n) is 3.20. The summed E-state index contributed by atoms with van der Waals surface area (Å²) < 4.78 is 0. The summed E-state index contributed by atoms with van der Waals surface area (Å²) in [6.45, 7) is 3.47. The van der Waals surface area contributed by atoms with E-state index in [0.29, 0.717) is 13.0 Å². The van der Waals surface area contributed by atoms with Crippen LogP contribution in [-0.2, 0) is 16.1 Å². The molecule has 1 atom stereocenters. The highest BCUT2D eigenvalue weighted by Crippen LogP contribution is 2.19. The van der Waals surface area contributed by atoms with Gasteiger partial charge in [-0.3, -0.25) is 9.59 Å². The van der Waals surface area contributed by atoms with Crippen molar-refractivity contribution in [3.8, 4) is 0 Å². The van der Waals surface area contributed by atoms with E-state index < -0.39 is 0 Å². The molecule has 0 spiro atoms. The lowest BCUT2D eigenvalue weighted by molar-refractivity contribution is -0.141. The molecule has 0 bridgehead atoms. The first-order valence-corrected chi connectivity index (χ1v) is 10.2. The number of rotatable bonds is 9. The maximum Gasteiger partial charge on any atom is 0.242 e. The first kappa shape index (κ1) is 19.0. The third kappa shape index (κ3) is 5.93. The van der Waals surface area contributed by atoms with Gasteiger partial charge in [0.2, 0.25) is 11.8 Å². The summed E-state index contributed by atoms with van der Waals surface area (Å²) in [5.74, 6) is 0.141. The number of hydrogen-bond acceptors (Lipinski definition) is 3. The van der Waals surface area contributed by atoms with Gasteiger partial charge in [0.1, 0.15) is 6.04 Å². The van der Waals surface area contributed by atoms with Crippen LogP contribution in [0.1, 0.15) is 70.3 Å². The molecule has 2 amide bonds. The predicted molar refractivity (Wildman–Crippen MR) is 98.9 cm³/mol. The lowest BCUT2D eigenvalue weighted by Gasteiger charge is -2.30. The molecule has 1 aliphatic heterocycles. The van der Waals surface area contributed by atoms with Crippen LogP contribution >= 0.6 is 11.3 Å². The largest absolute Gasteiger partial charge is 0.354 e. The van der Waals surface area contributed by atoms with Gasteiger partial charge in [-0.05, 0) is 48.1 Å². The van der Waals surface area contributed by atoms with Gasteiger partial charge in [-0.1, -0.05) is 32.6 Å². The third-order valence-electron chi connectivity index (χ3n) is 4.63. The van der Waals surface area contributed by atoms with E-state index in [-0.39, 0.29) is 17.9 Å². The molecular formula is C19H30N2O2S. The van der Waals surface area contributed by atoms with Gasteiger partial charge in [0.15, 0.2) is 0 Å². The van der Waals surface area contributed by atoms with Crippen LogP contribution < -0.4 is 5.32 Å². The molecule has 0 aliphatic carbocycles. The van der Waals surface area contributed by atoms with E-state index in [1.807, 2.05) is 16.3 Å². The Labute approximate surface area is 149 Å². The number of carbonyl (C=O) groups excluding carboxylic acids is 2. The Balaban J connectivity index is 1.98. The normalized spacial score (nSPS) is 18.0. The van der Waals surface area contributed by atoms with E-state index in [2.05, 4.69) is 17.6 Å². The van der Waals surface area contributed by atoms with Crippen LogP contribution in [-0.4, -0.2) is 29.3 Å². The molecule has 1 aliphatic rings. The van der Waals surface area contributed by atoms with Crippen LogP contribution in [0.15, 0.2) is 16.8 Å². The predicted octanol–water partition coefficient (Wildman–Crippen LogP) is 4.11. The van der Waals surface area contributed by atoms with Gasteiger partial charge in [-0.15, -0.1) is 0 Å². The fourth-order valence-corrected chi connectivity index (χ4v) is 3.86. The Bertz CT molecular complexity index is 501. The van der Waals surface area contributed by atoms with Gasteiger partial charge >= 0.3 is 0 Å². The third-order valence-corrected chi connectivity index (χ3v) is 5.36. The maximum absolute atomic E-state index is 12.8. The zero-order chi connectivity index (χ0) is 17.2. The highest BCUT2D eigenvalue weighted by molar-refractivity contribution is 7.07. The average Bonchev–Trinajstić information content (AvgIpc) is 3.00. The molecule has 2 heterocycles. The molecule has 0 aromatic carbocycles. The molecule has 0 saturated carbocycles. The molecule has 134 valence electrons. The molecular weight excluding hydrogens is 320 g/mol. The summed E-state index contributed by atoms with van der Waals surface area (Å²) in [7, 11) is 0. The lowest BCUT2D eigenvalue weighted by atomic mass is 10.1. The molecule has 1 fully saturated rings. The number of hydrogen-bond donors (Lipinski definition) is 1. The van der Waals surface area contributed by atoms with Crippen molar-refractivity contribution in [1.82, 2.24) is 10.2 Å². The highest BCUT2D eigenvalue weighted by Gasteiger charge is 2.30. The summed E-state index contributed by atoms with van der Waals surface area (Å²) in [4.78, 5) is 27.0. The lowest BCUT2D eigenvalue weighted by Crippen LogP contribution is -2.48. The van der Waals surface area contributed by atoms with Crippen LogP contribution in [0.4, 0.5) is 0 Å². The summed E-state index contributed by atoms with van der Waals surface area (Å²) in [5.41, 5.74) is 1.12. The molecule has 1 N–H and O–H groups in total. The number of carbonyl (C=O) groups is 2. The van der Waals surface area contributed by atoms with Crippen molar-refractivity contribution in [2.75, 3.05) is 6.54 Å². The van der Waals surface area contributed by atoms with E-state index in [4.69, 9.17) is 0 Å². The average molecular weight is 351 g/mol. The summed E-state index contributed by atoms with van der Waals surface area (Å²) in [6.07, 6.45) is 8.98. The minimum absolute atomic E-state index is 0.0158. The number of nitrogens with zero attached hydrogens (tertiary/aromatic N) is 1. The van der Waals surface area contributed by atoms with Gasteiger partial charge in [-0.2, -0.15) is 11.3 Å². The van der Waals surface area contributed by atoms with Gasteiger partial charge < -0.3 is 10.2 Å². The summed E-state index contributed by atoms with van der Waals surface area (Å²) in [5, 5.41) is 7.05. The summed E-state index contributed by atoms with van der Waals surface area (Å²) in [6, 6.07) is 1.73. The Morgan fingerprint density at radius 1 is 1.29 bits per heavy atom. The van der Waals surface area contributed by atoms with Gasteiger partial charge in [0.25, 0.3) is 0 Å². The van der Waals surface area contributed by atoms with E-state index in [1.54, 1.807) is 11.3 Å². The van der Waals surface area contributed by atoms with Crippen molar-refractivity contribution in [2.45, 2.75) is 77.3 Å². The van der Waals surface area contributed by atoms with Gasteiger partial charge in [0.05, 0.1) is 0 Å². The number of thiophene rings is 1. The number of amides is 2. The molecule has 1 unspecified atom stereocenters. The number of unbranched alkanes of at least 4 members (excludes halogenated alkanes) is 4. The van der Waals surface area contributed by atoms with Gasteiger partial charge in [0, 0.05) is 19.5 Å². The first-order chi connectivity index (χ1) is 11.7. The zero-order valence-electron chi connectivity index (χ0n) is 14.8. The van der Waals surface area contributed by atoms with Crippen molar-refractivity contribution in [2.24, 2.45) is 0 Å². The minimum atomic E-state index is -0.310. The molecule has 24 heavy (non-hydrogen) atoms. The molecule has 1 saturated heterocycles. The Kier molecular flexibility index (Phi) is 8.29. The van der Waals surface area contributed by atoms with Crippen molar-refractivity contribution >= 4 is 23.2 Å². The van der Waals surface area contributed by atoms with E-state index in [1.165, 1.54) is 19.3 Å². The smallest absolute Gasteiger partial charge is 0.242 e. The highest BCUT2D eigenvalue weighted by atomic mass is 32.1. The van der Waals surface area contributed by atoms with Crippen LogP contribution in [0.2, 0.25) is 0 Å². The molecule has 4 nitrogen and oxygen atoms in total. The topological polar surface area (TPSA) is 49.4 Å². The second-order valence-corrected chi connectivity index (χ2v) is 7.40. The monoisotopic (exact) mass is 350 g/mol. The first-order valence-electron chi connectivity index (χ1n) is 9.30. The summed E-state index contributed by atoms with van der Waals surface area (Å²) >= 11 is 1.63. The fraction of sp³-hybridized carbons (Fsp3) is 0.684. The van der Waals surface area contributed by atoms with E-state index in [9.17, 15) is 9.59 Å². The second-order valence-electron chi connectivity index (χ2n) is 6.62. The standard InChI is InChI=1S/C19H30N2O2S/c1-2-3-4-5-6-10-18(22)21(14-16-11-13-24-15-16)17-9-7-8-12-20-19(17)23/h11,13,15,17H,2-10,12,14H2,1H3,(H,20,23). The Hall–Kier alpha value is -1.36. The SMILES string of the molecule is CCCCCCCC(=O)N(Cc1ccsc1)C1CCCCNC1=O. The van der Waals surface area contributed by atoms with Crippen molar-refractivity contribution in [1.29, 1.82) is 0 Å². The van der Waals surface area contributed by atoms with Crippen molar-refractivity contribution in [3.63, 3.8) is 0 Å². The van der Waals surface area contributed by atoms with E-state index in [0.717, 1.165) is 44.2 Å². The molecule has 0 radical (unpaired) electrons. The second kappa shape index (κ2) is 10.5. The Morgan fingerprint density at radius 3 is 2.88 bits per heavy atom. The zero-order valence-corrected chi connectivity index (χ0v) is 15.6. The van der Waals surface area contributed by atoms with Crippen LogP contribution in [0.25, 0.3) is 0 Å². The van der Waals surface area contributed by atoms with Crippen LogP contribution in [0.5, 0.6) is 0 Å². The van der Waals surface area contributed by atoms with Crippen molar-refractivity contribution in [3.05, 3.63) is 22.4 Å². The quantitative estimate of drug-likeness (QED) is 0.682. The molecule has 2 rings (SSSR count). The maximum atomic E-state index is 12.8. The van der Waals surface area contributed by atoms with Gasteiger partial charge in [-0.25, -0.2) is 0 Å². The van der Waals surface area contributed by atoms with E-state index >= 15 is 0 Å². The van der Waals surface area contributed by atoms with Crippen LogP contribution in [0, 0.1) is 0 Å². The van der Waals surface area contributed by atoms with Crippen LogP contribution in [0.3, 0.4) is 0 Å². The molecule has 5 heteroatoms. The molecule has 1 aromatic rings. The van der Waals surface area contributed by atoms with Crippen molar-refractivity contribution < 1.29 is 9.59 Å². The number of nitrogens with one attached hydrogen (secondary N) is 1.